The van der Waals surface area contributed by atoms with Gasteiger partial charge in [0.15, 0.2) is 0 Å². The number of hydrogen-bond acceptors (Lipinski definition) is 0. The first-order valence-electron chi connectivity index (χ1n) is 6.51. The fraction of sp³-hybridized carbons (Fsp3) is 0.294. The second kappa shape index (κ2) is 7.67. The Labute approximate surface area is 105 Å². The highest BCUT2D eigenvalue weighted by Gasteiger charge is 2.10. The van der Waals surface area contributed by atoms with Crippen LogP contribution in [0.25, 0.3) is 0 Å². The van der Waals surface area contributed by atoms with E-state index in [1.54, 1.807) is 0 Å². The lowest BCUT2D eigenvalue weighted by atomic mass is 9.89. The highest BCUT2D eigenvalue weighted by Crippen LogP contribution is 2.26. The van der Waals surface area contributed by atoms with E-state index in [9.17, 15) is 0 Å². The molecule has 0 heteroatoms. The van der Waals surface area contributed by atoms with Crippen molar-refractivity contribution < 1.29 is 0 Å². The monoisotopic (exact) mass is 226 g/mol. The minimum absolute atomic E-state index is 0.535. The molecule has 0 amide bonds. The zero-order valence-corrected chi connectivity index (χ0v) is 11.1. The van der Waals surface area contributed by atoms with Crippen molar-refractivity contribution in [1.29, 1.82) is 0 Å². The summed E-state index contributed by atoms with van der Waals surface area (Å²) in [7, 11) is 0. The third-order valence-corrected chi connectivity index (χ3v) is 2.81. The Kier molecular flexibility index (Phi) is 6.09. The van der Waals surface area contributed by atoms with Gasteiger partial charge in [-0.1, -0.05) is 81.4 Å². The first kappa shape index (κ1) is 13.5. The van der Waals surface area contributed by atoms with Gasteiger partial charge in [0.25, 0.3) is 0 Å². The van der Waals surface area contributed by atoms with Crippen molar-refractivity contribution in [3.63, 3.8) is 0 Å². The molecule has 0 spiro atoms. The van der Waals surface area contributed by atoms with Crippen molar-refractivity contribution in [2.75, 3.05) is 0 Å². The fourth-order valence-electron chi connectivity index (χ4n) is 2.03. The first-order valence-corrected chi connectivity index (χ1v) is 6.51. The van der Waals surface area contributed by atoms with Gasteiger partial charge in [-0.15, -0.1) is 0 Å². The first-order chi connectivity index (χ1) is 8.42. The average molecular weight is 226 g/mol. The summed E-state index contributed by atoms with van der Waals surface area (Å²) in [5.74, 6) is 0.535. The molecule has 0 saturated carbocycles. The van der Waals surface area contributed by atoms with E-state index in [0.29, 0.717) is 5.92 Å². The van der Waals surface area contributed by atoms with Gasteiger partial charge in [-0.3, -0.25) is 0 Å². The zero-order valence-electron chi connectivity index (χ0n) is 11.1. The molecule has 0 aliphatic rings. The minimum Gasteiger partial charge on any atom is -0.0683 e. The van der Waals surface area contributed by atoms with Crippen LogP contribution in [0.4, 0.5) is 0 Å². The van der Waals surface area contributed by atoms with E-state index in [4.69, 9.17) is 0 Å². The molecule has 0 aliphatic carbocycles. The van der Waals surface area contributed by atoms with Crippen molar-refractivity contribution in [2.24, 2.45) is 0 Å². The average Bonchev–Trinajstić information content (AvgIpc) is 2.44. The molecular formula is C17H22. The summed E-state index contributed by atoms with van der Waals surface area (Å²) < 4.78 is 0. The second-order valence-corrected chi connectivity index (χ2v) is 3.78. The van der Waals surface area contributed by atoms with E-state index in [1.807, 2.05) is 13.8 Å². The summed E-state index contributed by atoms with van der Waals surface area (Å²) in [5, 5.41) is 0. The molecule has 0 fully saturated rings. The molecule has 0 nitrogen and oxygen atoms in total. The van der Waals surface area contributed by atoms with Crippen LogP contribution in [0.3, 0.4) is 0 Å². The molecule has 0 atom stereocenters. The molecule has 0 saturated heterocycles. The van der Waals surface area contributed by atoms with Crippen molar-refractivity contribution in [2.45, 2.75) is 33.1 Å². The third-order valence-electron chi connectivity index (χ3n) is 2.81. The maximum absolute atomic E-state index is 2.24. The van der Waals surface area contributed by atoms with E-state index >= 15 is 0 Å². The molecule has 0 heterocycles. The Hall–Kier alpha value is -1.56. The van der Waals surface area contributed by atoms with Crippen molar-refractivity contribution >= 4 is 0 Å². The van der Waals surface area contributed by atoms with Gasteiger partial charge in [0.2, 0.25) is 0 Å². The highest BCUT2D eigenvalue weighted by atomic mass is 14.1. The van der Waals surface area contributed by atoms with Crippen LogP contribution in [-0.4, -0.2) is 0 Å². The molecule has 2 aromatic rings. The maximum Gasteiger partial charge on any atom is 0.00867 e. The summed E-state index contributed by atoms with van der Waals surface area (Å²) in [6.07, 6.45) is 1.15. The van der Waals surface area contributed by atoms with E-state index in [1.165, 1.54) is 11.1 Å². The lowest BCUT2D eigenvalue weighted by molar-refractivity contribution is 0.777. The number of benzene rings is 2. The third kappa shape index (κ3) is 3.74. The van der Waals surface area contributed by atoms with Crippen LogP contribution >= 0.6 is 0 Å². The molecule has 90 valence electrons. The molecular weight excluding hydrogens is 204 g/mol. The summed E-state index contributed by atoms with van der Waals surface area (Å²) in [5.41, 5.74) is 2.82. The number of rotatable bonds is 3. The van der Waals surface area contributed by atoms with Crippen molar-refractivity contribution in [3.8, 4) is 0 Å². The molecule has 2 aromatic carbocycles. The van der Waals surface area contributed by atoms with Gasteiger partial charge >= 0.3 is 0 Å². The summed E-state index contributed by atoms with van der Waals surface area (Å²) >= 11 is 0. The van der Waals surface area contributed by atoms with E-state index < -0.39 is 0 Å². The van der Waals surface area contributed by atoms with Gasteiger partial charge in [-0.25, -0.2) is 0 Å². The predicted molar refractivity (Wildman–Crippen MR) is 76.4 cm³/mol. The zero-order chi connectivity index (χ0) is 12.5. The molecule has 0 radical (unpaired) electrons. The Morgan fingerprint density at radius 2 is 1.06 bits per heavy atom. The lowest BCUT2D eigenvalue weighted by Gasteiger charge is -2.15. The van der Waals surface area contributed by atoms with Gasteiger partial charge in [-0.05, 0) is 17.5 Å². The summed E-state index contributed by atoms with van der Waals surface area (Å²) in [6.45, 7) is 6.24. The Morgan fingerprint density at radius 3 is 1.35 bits per heavy atom. The predicted octanol–water partition coefficient (Wildman–Crippen LogP) is 5.25. The summed E-state index contributed by atoms with van der Waals surface area (Å²) in [4.78, 5) is 0. The topological polar surface area (TPSA) is 0 Å². The van der Waals surface area contributed by atoms with Gasteiger partial charge < -0.3 is 0 Å². The van der Waals surface area contributed by atoms with E-state index in [-0.39, 0.29) is 0 Å². The van der Waals surface area contributed by atoms with E-state index in [0.717, 1.165) is 6.42 Å². The van der Waals surface area contributed by atoms with Crippen LogP contribution in [-0.2, 0) is 0 Å². The second-order valence-electron chi connectivity index (χ2n) is 3.78. The van der Waals surface area contributed by atoms with Crippen LogP contribution in [0.2, 0.25) is 0 Å². The van der Waals surface area contributed by atoms with Crippen LogP contribution < -0.4 is 0 Å². The highest BCUT2D eigenvalue weighted by molar-refractivity contribution is 5.31. The normalized spacial score (nSPS) is 9.65. The fourth-order valence-corrected chi connectivity index (χ4v) is 2.03. The molecule has 17 heavy (non-hydrogen) atoms. The van der Waals surface area contributed by atoms with Gasteiger partial charge in [0.1, 0.15) is 0 Å². The maximum atomic E-state index is 2.24. The summed E-state index contributed by atoms with van der Waals surface area (Å²) in [6, 6.07) is 21.4. The largest absolute Gasteiger partial charge is 0.0683 e. The quantitative estimate of drug-likeness (QED) is 0.670. The standard InChI is InChI=1S/C15H16.C2H6/c1-2-15(13-9-5-3-6-10-13)14-11-7-4-8-12-14;1-2/h3-12,15H,2H2,1H3;1-2H3. The number of hydrogen-bond donors (Lipinski definition) is 0. The van der Waals surface area contributed by atoms with Crippen LogP contribution in [0.5, 0.6) is 0 Å². The Morgan fingerprint density at radius 1 is 0.706 bits per heavy atom. The van der Waals surface area contributed by atoms with Crippen molar-refractivity contribution in [3.05, 3.63) is 71.8 Å². The smallest absolute Gasteiger partial charge is 0.00867 e. The Bertz CT molecular complexity index is 349. The molecule has 2 rings (SSSR count). The van der Waals surface area contributed by atoms with Crippen LogP contribution in [0.15, 0.2) is 60.7 Å². The van der Waals surface area contributed by atoms with Gasteiger partial charge in [0.05, 0.1) is 0 Å². The van der Waals surface area contributed by atoms with Gasteiger partial charge in [0, 0.05) is 5.92 Å². The van der Waals surface area contributed by atoms with Crippen LogP contribution in [0, 0.1) is 0 Å². The van der Waals surface area contributed by atoms with Crippen molar-refractivity contribution in [1.82, 2.24) is 0 Å². The minimum atomic E-state index is 0.535. The van der Waals surface area contributed by atoms with E-state index in [2.05, 4.69) is 67.6 Å². The van der Waals surface area contributed by atoms with Gasteiger partial charge in [-0.2, -0.15) is 0 Å². The molecule has 0 aliphatic heterocycles. The molecule has 0 aromatic heterocycles. The SMILES string of the molecule is CC.CCC(c1ccccc1)c1ccccc1. The molecule has 0 unspecified atom stereocenters. The lowest BCUT2D eigenvalue weighted by Crippen LogP contribution is -1.98. The Balaban J connectivity index is 0.000000686. The molecule has 0 N–H and O–H groups in total. The molecule has 0 bridgehead atoms. The van der Waals surface area contributed by atoms with Crippen LogP contribution in [0.1, 0.15) is 44.2 Å².